The molecule has 0 bridgehead atoms. The van der Waals surface area contributed by atoms with Crippen LogP contribution in [-0.2, 0) is 0 Å². The second-order valence-electron chi connectivity index (χ2n) is 3.73. The normalized spacial score (nSPS) is 10.3. The van der Waals surface area contributed by atoms with Crippen molar-refractivity contribution in [3.05, 3.63) is 39.2 Å². The standard InChI is InChI=1S/C12H13IN4/c1-7-11(14)15-8(2)16-12(7)17-10-6-4-3-5-9(10)13/h3-6H,1-2H3,(H3,14,15,16,17). The van der Waals surface area contributed by atoms with E-state index in [-0.39, 0.29) is 0 Å². The molecule has 0 atom stereocenters. The predicted molar refractivity (Wildman–Crippen MR) is 78.4 cm³/mol. The van der Waals surface area contributed by atoms with Crippen LogP contribution in [0.5, 0.6) is 0 Å². The number of hydrogen-bond acceptors (Lipinski definition) is 4. The maximum Gasteiger partial charge on any atom is 0.139 e. The second kappa shape index (κ2) is 4.87. The number of para-hydroxylation sites is 1. The Balaban J connectivity index is 2.40. The lowest BCUT2D eigenvalue weighted by Gasteiger charge is -2.11. The number of nitrogens with two attached hydrogens (primary N) is 1. The van der Waals surface area contributed by atoms with Crippen LogP contribution in [0.15, 0.2) is 24.3 Å². The number of benzene rings is 1. The van der Waals surface area contributed by atoms with E-state index < -0.39 is 0 Å². The van der Waals surface area contributed by atoms with Gasteiger partial charge in [0.2, 0.25) is 0 Å². The van der Waals surface area contributed by atoms with E-state index in [1.54, 1.807) is 0 Å². The minimum absolute atomic E-state index is 0.519. The third-order valence-corrected chi connectivity index (χ3v) is 3.36. The van der Waals surface area contributed by atoms with Gasteiger partial charge in [-0.25, -0.2) is 9.97 Å². The molecular weight excluding hydrogens is 327 g/mol. The van der Waals surface area contributed by atoms with Crippen molar-refractivity contribution in [2.45, 2.75) is 13.8 Å². The fourth-order valence-electron chi connectivity index (χ4n) is 1.46. The monoisotopic (exact) mass is 340 g/mol. The first-order chi connectivity index (χ1) is 8.08. The SMILES string of the molecule is Cc1nc(N)c(C)c(Nc2ccccc2I)n1. The number of anilines is 3. The molecule has 4 nitrogen and oxygen atoms in total. The van der Waals surface area contributed by atoms with Gasteiger partial charge in [-0.2, -0.15) is 0 Å². The van der Waals surface area contributed by atoms with E-state index in [0.29, 0.717) is 11.6 Å². The third-order valence-electron chi connectivity index (χ3n) is 2.42. The van der Waals surface area contributed by atoms with Crippen LogP contribution in [0.3, 0.4) is 0 Å². The molecule has 0 unspecified atom stereocenters. The number of aromatic nitrogens is 2. The van der Waals surface area contributed by atoms with E-state index >= 15 is 0 Å². The first-order valence-corrected chi connectivity index (χ1v) is 6.28. The number of nitrogens with one attached hydrogen (secondary N) is 1. The number of aryl methyl sites for hydroxylation is 1. The molecule has 0 aliphatic heterocycles. The number of hydrogen-bond donors (Lipinski definition) is 2. The molecule has 17 heavy (non-hydrogen) atoms. The lowest BCUT2D eigenvalue weighted by atomic mass is 10.2. The summed E-state index contributed by atoms with van der Waals surface area (Å²) >= 11 is 2.28. The van der Waals surface area contributed by atoms with Gasteiger partial charge in [-0.1, -0.05) is 12.1 Å². The third kappa shape index (κ3) is 2.66. The van der Waals surface area contributed by atoms with E-state index in [1.807, 2.05) is 38.1 Å². The molecule has 0 saturated carbocycles. The summed E-state index contributed by atoms with van der Waals surface area (Å²) in [4.78, 5) is 8.49. The highest BCUT2D eigenvalue weighted by atomic mass is 127. The molecule has 0 radical (unpaired) electrons. The van der Waals surface area contributed by atoms with Crippen molar-refractivity contribution in [2.24, 2.45) is 0 Å². The first-order valence-electron chi connectivity index (χ1n) is 5.20. The van der Waals surface area contributed by atoms with Gasteiger partial charge in [0.05, 0.1) is 5.69 Å². The first kappa shape index (κ1) is 12.1. The summed E-state index contributed by atoms with van der Waals surface area (Å²) in [6.07, 6.45) is 0. The highest BCUT2D eigenvalue weighted by molar-refractivity contribution is 14.1. The fourth-order valence-corrected chi connectivity index (χ4v) is 1.98. The molecule has 0 saturated heterocycles. The molecule has 0 aliphatic rings. The van der Waals surface area contributed by atoms with Crippen LogP contribution < -0.4 is 11.1 Å². The van der Waals surface area contributed by atoms with Crippen molar-refractivity contribution in [2.75, 3.05) is 11.1 Å². The minimum atomic E-state index is 0.519. The van der Waals surface area contributed by atoms with Crippen LogP contribution in [-0.4, -0.2) is 9.97 Å². The molecule has 0 fully saturated rings. The largest absolute Gasteiger partial charge is 0.383 e. The molecule has 3 N–H and O–H groups in total. The average Bonchev–Trinajstić information content (AvgIpc) is 2.28. The Morgan fingerprint density at radius 1 is 1.18 bits per heavy atom. The van der Waals surface area contributed by atoms with Gasteiger partial charge >= 0.3 is 0 Å². The maximum atomic E-state index is 5.82. The van der Waals surface area contributed by atoms with Crippen molar-refractivity contribution in [1.29, 1.82) is 0 Å². The predicted octanol–water partition coefficient (Wildman–Crippen LogP) is 3.02. The van der Waals surface area contributed by atoms with Crippen molar-refractivity contribution >= 4 is 39.9 Å². The Morgan fingerprint density at radius 2 is 1.88 bits per heavy atom. The molecule has 2 rings (SSSR count). The molecule has 0 aliphatic carbocycles. The fraction of sp³-hybridized carbons (Fsp3) is 0.167. The molecule has 1 aromatic carbocycles. The molecule has 0 spiro atoms. The summed E-state index contributed by atoms with van der Waals surface area (Å²) in [5.74, 6) is 1.95. The van der Waals surface area contributed by atoms with Gasteiger partial charge in [0.1, 0.15) is 17.5 Å². The number of rotatable bonds is 2. The van der Waals surface area contributed by atoms with Gasteiger partial charge in [0, 0.05) is 9.13 Å². The maximum absolute atomic E-state index is 5.82. The summed E-state index contributed by atoms with van der Waals surface area (Å²) in [7, 11) is 0. The lowest BCUT2D eigenvalue weighted by molar-refractivity contribution is 1.04. The van der Waals surface area contributed by atoms with E-state index in [0.717, 1.165) is 20.6 Å². The zero-order valence-electron chi connectivity index (χ0n) is 9.66. The molecule has 1 aromatic heterocycles. The van der Waals surface area contributed by atoms with Crippen LogP contribution in [0.4, 0.5) is 17.3 Å². The van der Waals surface area contributed by atoms with Crippen molar-refractivity contribution in [3.8, 4) is 0 Å². The Kier molecular flexibility index (Phi) is 3.46. The summed E-state index contributed by atoms with van der Waals surface area (Å²) in [6, 6.07) is 8.03. The van der Waals surface area contributed by atoms with E-state index in [1.165, 1.54) is 0 Å². The summed E-state index contributed by atoms with van der Waals surface area (Å²) in [6.45, 7) is 3.74. The van der Waals surface area contributed by atoms with E-state index in [4.69, 9.17) is 5.73 Å². The van der Waals surface area contributed by atoms with Gasteiger partial charge in [0.15, 0.2) is 0 Å². The number of nitrogen functional groups attached to an aromatic ring is 1. The topological polar surface area (TPSA) is 63.8 Å². The minimum Gasteiger partial charge on any atom is -0.383 e. The van der Waals surface area contributed by atoms with Crippen LogP contribution >= 0.6 is 22.6 Å². The summed E-state index contributed by atoms with van der Waals surface area (Å²) in [5.41, 5.74) is 7.71. The zero-order valence-corrected chi connectivity index (χ0v) is 11.8. The molecule has 5 heteroatoms. The van der Waals surface area contributed by atoms with Gasteiger partial charge in [0.25, 0.3) is 0 Å². The van der Waals surface area contributed by atoms with Gasteiger partial charge < -0.3 is 11.1 Å². The van der Waals surface area contributed by atoms with E-state index in [2.05, 4.69) is 37.9 Å². The number of nitrogens with zero attached hydrogens (tertiary/aromatic N) is 2. The number of halogens is 1. The summed E-state index contributed by atoms with van der Waals surface area (Å²) in [5, 5.41) is 3.28. The zero-order chi connectivity index (χ0) is 12.4. The highest BCUT2D eigenvalue weighted by Crippen LogP contribution is 2.24. The Hall–Kier alpha value is -1.37. The molecule has 2 aromatic rings. The quantitative estimate of drug-likeness (QED) is 0.825. The van der Waals surface area contributed by atoms with Crippen LogP contribution in [0, 0.1) is 17.4 Å². The molecular formula is C12H13IN4. The Bertz CT molecular complexity index is 554. The van der Waals surface area contributed by atoms with Crippen LogP contribution in [0.1, 0.15) is 11.4 Å². The highest BCUT2D eigenvalue weighted by Gasteiger charge is 2.07. The van der Waals surface area contributed by atoms with Crippen LogP contribution in [0.2, 0.25) is 0 Å². The van der Waals surface area contributed by atoms with E-state index in [9.17, 15) is 0 Å². The van der Waals surface area contributed by atoms with Crippen molar-refractivity contribution in [1.82, 2.24) is 9.97 Å². The summed E-state index contributed by atoms with van der Waals surface area (Å²) < 4.78 is 1.14. The Labute approximate surface area is 114 Å². The lowest BCUT2D eigenvalue weighted by Crippen LogP contribution is -2.05. The molecule has 88 valence electrons. The van der Waals surface area contributed by atoms with Crippen molar-refractivity contribution in [3.63, 3.8) is 0 Å². The van der Waals surface area contributed by atoms with Crippen LogP contribution in [0.25, 0.3) is 0 Å². The average molecular weight is 340 g/mol. The van der Waals surface area contributed by atoms with Gasteiger partial charge in [-0.05, 0) is 48.6 Å². The molecule has 1 heterocycles. The van der Waals surface area contributed by atoms with Gasteiger partial charge in [-0.15, -0.1) is 0 Å². The Morgan fingerprint density at radius 3 is 2.59 bits per heavy atom. The smallest absolute Gasteiger partial charge is 0.139 e. The van der Waals surface area contributed by atoms with Crippen molar-refractivity contribution < 1.29 is 0 Å². The van der Waals surface area contributed by atoms with Gasteiger partial charge in [-0.3, -0.25) is 0 Å². The molecule has 0 amide bonds. The second-order valence-corrected chi connectivity index (χ2v) is 4.90.